The van der Waals surface area contributed by atoms with Crippen molar-refractivity contribution in [3.8, 4) is 0 Å². The first-order valence-corrected chi connectivity index (χ1v) is 11.8. The first-order chi connectivity index (χ1) is 15.3. The molecule has 0 atom stereocenters. The second-order valence-corrected chi connectivity index (χ2v) is 8.78. The Bertz CT molecular complexity index is 1050. The number of rotatable bonds is 6. The van der Waals surface area contributed by atoms with Crippen LogP contribution in [-0.2, 0) is 13.0 Å². The summed E-state index contributed by atoms with van der Waals surface area (Å²) < 4.78 is 0. The van der Waals surface area contributed by atoms with Gasteiger partial charge in [0, 0.05) is 80.9 Å². The number of hydrogen-bond donors (Lipinski definition) is 3. The van der Waals surface area contributed by atoms with E-state index in [1.165, 1.54) is 16.8 Å². The highest BCUT2D eigenvalue weighted by Crippen LogP contribution is 2.41. The number of benzene rings is 1. The maximum Gasteiger partial charge on any atom is 0.0833 e. The van der Waals surface area contributed by atoms with E-state index in [4.69, 9.17) is 28.9 Å². The topological polar surface area (TPSA) is 63.6 Å². The molecule has 174 valence electrons. The molecule has 0 fully saturated rings. The van der Waals surface area contributed by atoms with Gasteiger partial charge in [0.25, 0.3) is 0 Å². The number of likely N-dealkylation sites (N-methyl/N-ethyl adjacent to an activating group) is 1. The average molecular weight is 477 g/mol. The van der Waals surface area contributed by atoms with Crippen LogP contribution < -0.4 is 11.1 Å². The van der Waals surface area contributed by atoms with Crippen LogP contribution in [0.1, 0.15) is 30.7 Å². The molecule has 1 aromatic carbocycles. The van der Waals surface area contributed by atoms with Gasteiger partial charge in [-0.2, -0.15) is 0 Å². The standard InChI is InChI=1S/C22H28Cl2N6.C2H6/c1-13(8-25)26-9-14(2)30-6-5-19-17(12-30)20-16(15-10-28(3)29(4)11-15)7-18(23)21(24)22(20)27-19;1-2/h7,10,26-27H,1-2,5-6,8-9,11-12,25H2,3-4H3;1-2H3. The van der Waals surface area contributed by atoms with Gasteiger partial charge >= 0.3 is 0 Å². The highest BCUT2D eigenvalue weighted by Gasteiger charge is 2.27. The van der Waals surface area contributed by atoms with Crippen molar-refractivity contribution in [1.82, 2.24) is 25.2 Å². The van der Waals surface area contributed by atoms with Gasteiger partial charge in [0.15, 0.2) is 0 Å². The van der Waals surface area contributed by atoms with E-state index in [0.717, 1.165) is 53.9 Å². The van der Waals surface area contributed by atoms with Crippen molar-refractivity contribution in [2.75, 3.05) is 40.3 Å². The van der Waals surface area contributed by atoms with Gasteiger partial charge in [-0.25, -0.2) is 5.01 Å². The van der Waals surface area contributed by atoms with Gasteiger partial charge in [-0.15, -0.1) is 0 Å². The van der Waals surface area contributed by atoms with Gasteiger partial charge in [-0.3, -0.25) is 0 Å². The molecule has 0 aliphatic carbocycles. The number of hydrogen-bond acceptors (Lipinski definition) is 5. The summed E-state index contributed by atoms with van der Waals surface area (Å²) in [6.45, 7) is 15.7. The number of nitrogens with two attached hydrogens (primary N) is 1. The Kier molecular flexibility index (Phi) is 7.83. The van der Waals surface area contributed by atoms with Crippen molar-refractivity contribution in [3.63, 3.8) is 0 Å². The third-order valence-electron chi connectivity index (χ3n) is 6.00. The predicted octanol–water partition coefficient (Wildman–Crippen LogP) is 4.57. The van der Waals surface area contributed by atoms with E-state index in [1.54, 1.807) is 0 Å². The molecule has 0 unspecified atom stereocenters. The van der Waals surface area contributed by atoms with Gasteiger partial charge in [0.2, 0.25) is 0 Å². The van der Waals surface area contributed by atoms with Crippen molar-refractivity contribution < 1.29 is 0 Å². The van der Waals surface area contributed by atoms with Crippen LogP contribution >= 0.6 is 23.2 Å². The van der Waals surface area contributed by atoms with E-state index in [-0.39, 0.29) is 0 Å². The van der Waals surface area contributed by atoms with Crippen molar-refractivity contribution in [2.24, 2.45) is 5.73 Å². The van der Waals surface area contributed by atoms with Crippen molar-refractivity contribution in [2.45, 2.75) is 26.8 Å². The third kappa shape index (κ3) is 4.64. The van der Waals surface area contributed by atoms with Gasteiger partial charge in [-0.05, 0) is 17.2 Å². The number of hydrazine groups is 1. The molecule has 4 N–H and O–H groups in total. The largest absolute Gasteiger partial charge is 0.382 e. The van der Waals surface area contributed by atoms with Crippen molar-refractivity contribution in [1.29, 1.82) is 0 Å². The maximum atomic E-state index is 6.61. The molecule has 32 heavy (non-hydrogen) atoms. The molecule has 2 aliphatic rings. The molecule has 0 bridgehead atoms. The minimum atomic E-state index is 0.417. The smallest absolute Gasteiger partial charge is 0.0833 e. The van der Waals surface area contributed by atoms with Gasteiger partial charge in [0.05, 0.1) is 22.1 Å². The number of H-pyrrole nitrogens is 1. The third-order valence-corrected chi connectivity index (χ3v) is 6.79. The zero-order valence-electron chi connectivity index (χ0n) is 19.5. The maximum absolute atomic E-state index is 6.61. The lowest BCUT2D eigenvalue weighted by atomic mass is 9.96. The molecule has 0 saturated carbocycles. The fourth-order valence-corrected chi connectivity index (χ4v) is 4.55. The molecule has 4 rings (SSSR count). The summed E-state index contributed by atoms with van der Waals surface area (Å²) in [5.41, 5.74) is 13.2. The summed E-state index contributed by atoms with van der Waals surface area (Å²) in [5.74, 6) is 0. The molecule has 1 aromatic heterocycles. The van der Waals surface area contributed by atoms with Gasteiger partial charge in [0.1, 0.15) is 0 Å². The molecule has 0 saturated heterocycles. The molecule has 2 aromatic rings. The molecule has 6 nitrogen and oxygen atoms in total. The van der Waals surface area contributed by atoms with E-state index in [0.29, 0.717) is 23.1 Å². The Morgan fingerprint density at radius 2 is 1.94 bits per heavy atom. The van der Waals surface area contributed by atoms with E-state index in [1.807, 2.05) is 27.0 Å². The first kappa shape index (κ1) is 24.5. The SMILES string of the molecule is C=C(CN)NCC(=C)N1CCc2[nH]c3c(Cl)c(Cl)cc(C4=CN(C)N(C)C4)c3c2C1.CC. The first-order valence-electron chi connectivity index (χ1n) is 11.0. The fourth-order valence-electron chi connectivity index (χ4n) is 4.15. The van der Waals surface area contributed by atoms with Crippen LogP contribution in [0.15, 0.2) is 36.8 Å². The lowest BCUT2D eigenvalue weighted by Gasteiger charge is -2.31. The molecule has 8 heteroatoms. The summed E-state index contributed by atoms with van der Waals surface area (Å²) in [5, 5.41) is 9.80. The van der Waals surface area contributed by atoms with Crippen LogP contribution in [0.3, 0.4) is 0 Å². The number of halogens is 2. The number of aromatic amines is 1. The van der Waals surface area contributed by atoms with Crippen molar-refractivity contribution in [3.05, 3.63) is 63.7 Å². The average Bonchev–Trinajstić information content (AvgIpc) is 3.35. The predicted molar refractivity (Wildman–Crippen MR) is 137 cm³/mol. The molecule has 0 spiro atoms. The zero-order valence-corrected chi connectivity index (χ0v) is 21.0. The second-order valence-electron chi connectivity index (χ2n) is 7.99. The van der Waals surface area contributed by atoms with E-state index < -0.39 is 0 Å². The minimum absolute atomic E-state index is 0.417. The van der Waals surface area contributed by atoms with Crippen LogP contribution in [-0.4, -0.2) is 60.2 Å². The Morgan fingerprint density at radius 1 is 1.22 bits per heavy atom. The van der Waals surface area contributed by atoms with Crippen LogP contribution in [0.25, 0.3) is 16.5 Å². The fraction of sp³-hybridized carbons (Fsp3) is 0.417. The van der Waals surface area contributed by atoms with Gasteiger partial charge < -0.3 is 25.9 Å². The Morgan fingerprint density at radius 3 is 2.56 bits per heavy atom. The zero-order chi connectivity index (χ0) is 23.6. The Balaban J connectivity index is 0.00000141. The van der Waals surface area contributed by atoms with Crippen LogP contribution in [0.5, 0.6) is 0 Å². The normalized spacial score (nSPS) is 15.9. The minimum Gasteiger partial charge on any atom is -0.382 e. The molecular formula is C24H34Cl2N6. The number of aromatic nitrogens is 1. The lowest BCUT2D eigenvalue weighted by molar-refractivity contribution is 0.118. The molecular weight excluding hydrogens is 443 g/mol. The molecule has 0 amide bonds. The molecule has 3 heterocycles. The Hall–Kier alpha value is -2.12. The summed E-state index contributed by atoms with van der Waals surface area (Å²) in [4.78, 5) is 5.86. The lowest BCUT2D eigenvalue weighted by Crippen LogP contribution is -2.34. The van der Waals surface area contributed by atoms with E-state index in [2.05, 4.69) is 51.6 Å². The van der Waals surface area contributed by atoms with E-state index >= 15 is 0 Å². The van der Waals surface area contributed by atoms with Gasteiger partial charge in [-0.1, -0.05) is 50.2 Å². The quantitative estimate of drug-likeness (QED) is 0.569. The summed E-state index contributed by atoms with van der Waals surface area (Å²) in [6, 6.07) is 2.00. The highest BCUT2D eigenvalue weighted by molar-refractivity contribution is 6.45. The van der Waals surface area contributed by atoms with Crippen LogP contribution in [0.4, 0.5) is 0 Å². The second kappa shape index (κ2) is 10.2. The Labute approximate surface area is 201 Å². The number of fused-ring (bicyclic) bond motifs is 3. The van der Waals surface area contributed by atoms with E-state index in [9.17, 15) is 0 Å². The summed E-state index contributed by atoms with van der Waals surface area (Å²) in [7, 11) is 4.11. The number of nitrogens with zero attached hydrogens (tertiary/aromatic N) is 3. The summed E-state index contributed by atoms with van der Waals surface area (Å²) >= 11 is 13.1. The molecule has 2 aliphatic heterocycles. The summed E-state index contributed by atoms with van der Waals surface area (Å²) in [6.07, 6.45) is 3.05. The molecule has 0 radical (unpaired) electrons. The number of nitrogens with one attached hydrogen (secondary N) is 2. The highest BCUT2D eigenvalue weighted by atomic mass is 35.5. The van der Waals surface area contributed by atoms with Crippen LogP contribution in [0, 0.1) is 0 Å². The van der Waals surface area contributed by atoms with Crippen molar-refractivity contribution >= 4 is 39.7 Å². The monoisotopic (exact) mass is 476 g/mol. The van der Waals surface area contributed by atoms with Crippen LogP contribution in [0.2, 0.25) is 10.0 Å².